The van der Waals surface area contributed by atoms with Crippen molar-refractivity contribution in [1.82, 2.24) is 5.32 Å². The number of carbonyl (C=O) groups excluding carboxylic acids is 1. The standard InChI is InChI=1S/C14H9BrF3NO2/c15-8-3-1-7(2-4-8)6-19-14(21)9-5-10(16)12(18)13(20)11(9)17/h1-5,20H,6H2,(H,19,21). The number of phenolic OH excluding ortho intramolecular Hbond substituents is 1. The van der Waals surface area contributed by atoms with Gasteiger partial charge < -0.3 is 10.4 Å². The number of phenols is 1. The lowest BCUT2D eigenvalue weighted by atomic mass is 10.1. The molecule has 0 aromatic heterocycles. The molecule has 0 aliphatic heterocycles. The number of benzene rings is 2. The monoisotopic (exact) mass is 359 g/mol. The van der Waals surface area contributed by atoms with E-state index in [-0.39, 0.29) is 6.54 Å². The number of amides is 1. The largest absolute Gasteiger partial charge is 0.503 e. The van der Waals surface area contributed by atoms with Gasteiger partial charge in [0.15, 0.2) is 17.4 Å². The Hall–Kier alpha value is -2.02. The molecule has 0 unspecified atom stereocenters. The van der Waals surface area contributed by atoms with E-state index in [0.717, 1.165) is 10.0 Å². The Labute approximate surface area is 126 Å². The van der Waals surface area contributed by atoms with E-state index in [1.165, 1.54) is 0 Å². The molecule has 0 radical (unpaired) electrons. The summed E-state index contributed by atoms with van der Waals surface area (Å²) in [5, 5.41) is 11.4. The van der Waals surface area contributed by atoms with Crippen molar-refractivity contribution >= 4 is 21.8 Å². The maximum absolute atomic E-state index is 13.5. The molecule has 2 N–H and O–H groups in total. The zero-order valence-electron chi connectivity index (χ0n) is 10.5. The number of halogens is 4. The quantitative estimate of drug-likeness (QED) is 0.824. The molecular weight excluding hydrogens is 351 g/mol. The molecule has 110 valence electrons. The first-order valence-electron chi connectivity index (χ1n) is 5.79. The Morgan fingerprint density at radius 1 is 1.14 bits per heavy atom. The van der Waals surface area contributed by atoms with Crippen LogP contribution in [0.1, 0.15) is 15.9 Å². The van der Waals surface area contributed by atoms with E-state index in [1.807, 2.05) is 0 Å². The van der Waals surface area contributed by atoms with Gasteiger partial charge in [0.1, 0.15) is 0 Å². The SMILES string of the molecule is O=C(NCc1ccc(Br)cc1)c1cc(F)c(F)c(O)c1F. The van der Waals surface area contributed by atoms with E-state index in [4.69, 9.17) is 5.11 Å². The summed E-state index contributed by atoms with van der Waals surface area (Å²) < 4.78 is 40.4. The Kier molecular flexibility index (Phi) is 4.52. The van der Waals surface area contributed by atoms with Crippen LogP contribution in [0.5, 0.6) is 5.75 Å². The minimum atomic E-state index is -1.73. The molecule has 1 amide bonds. The molecule has 0 bridgehead atoms. The van der Waals surface area contributed by atoms with Gasteiger partial charge in [-0.2, -0.15) is 4.39 Å². The lowest BCUT2D eigenvalue weighted by Gasteiger charge is -2.08. The summed E-state index contributed by atoms with van der Waals surface area (Å²) in [6, 6.07) is 7.37. The third-order valence-corrected chi connectivity index (χ3v) is 3.27. The van der Waals surface area contributed by atoms with Gasteiger partial charge in [-0.1, -0.05) is 28.1 Å². The van der Waals surface area contributed by atoms with Crippen LogP contribution in [0, 0.1) is 17.5 Å². The summed E-state index contributed by atoms with van der Waals surface area (Å²) in [5.74, 6) is -7.18. The number of hydrogen-bond acceptors (Lipinski definition) is 2. The molecule has 0 atom stereocenters. The molecule has 2 aromatic rings. The van der Waals surface area contributed by atoms with E-state index in [2.05, 4.69) is 21.2 Å². The smallest absolute Gasteiger partial charge is 0.254 e. The van der Waals surface area contributed by atoms with Crippen molar-refractivity contribution in [3.05, 3.63) is 63.4 Å². The minimum absolute atomic E-state index is 0.0747. The number of carbonyl (C=O) groups is 1. The van der Waals surface area contributed by atoms with Gasteiger partial charge >= 0.3 is 0 Å². The summed E-state index contributed by atoms with van der Waals surface area (Å²) in [6.07, 6.45) is 0. The number of nitrogens with one attached hydrogen (secondary N) is 1. The van der Waals surface area contributed by atoms with Gasteiger partial charge in [0, 0.05) is 11.0 Å². The zero-order valence-corrected chi connectivity index (χ0v) is 12.0. The highest BCUT2D eigenvalue weighted by molar-refractivity contribution is 9.10. The predicted octanol–water partition coefficient (Wildman–Crippen LogP) is 3.50. The van der Waals surface area contributed by atoms with Crippen LogP contribution in [-0.2, 0) is 6.54 Å². The second kappa shape index (κ2) is 6.17. The first-order chi connectivity index (χ1) is 9.90. The molecule has 0 saturated heterocycles. The van der Waals surface area contributed by atoms with Crippen LogP contribution in [0.15, 0.2) is 34.8 Å². The average Bonchev–Trinajstić information content (AvgIpc) is 2.48. The van der Waals surface area contributed by atoms with Gasteiger partial charge in [0.05, 0.1) is 5.56 Å². The van der Waals surface area contributed by atoms with Crippen molar-refractivity contribution in [2.45, 2.75) is 6.54 Å². The van der Waals surface area contributed by atoms with E-state index >= 15 is 0 Å². The molecule has 2 rings (SSSR count). The number of hydrogen-bond donors (Lipinski definition) is 2. The highest BCUT2D eigenvalue weighted by Gasteiger charge is 2.22. The van der Waals surface area contributed by atoms with E-state index in [9.17, 15) is 18.0 Å². The maximum Gasteiger partial charge on any atom is 0.254 e. The maximum atomic E-state index is 13.5. The fraction of sp³-hybridized carbons (Fsp3) is 0.0714. The summed E-state index contributed by atoms with van der Waals surface area (Å²) >= 11 is 3.25. The third-order valence-electron chi connectivity index (χ3n) is 2.74. The first-order valence-corrected chi connectivity index (χ1v) is 6.58. The fourth-order valence-corrected chi connectivity index (χ4v) is 1.90. The predicted molar refractivity (Wildman–Crippen MR) is 73.3 cm³/mol. The van der Waals surface area contributed by atoms with Crippen molar-refractivity contribution in [3.8, 4) is 5.75 Å². The Balaban J connectivity index is 2.16. The van der Waals surface area contributed by atoms with Crippen LogP contribution in [-0.4, -0.2) is 11.0 Å². The second-order valence-electron chi connectivity index (χ2n) is 4.19. The highest BCUT2D eigenvalue weighted by Crippen LogP contribution is 2.25. The van der Waals surface area contributed by atoms with Crippen LogP contribution in [0.2, 0.25) is 0 Å². The summed E-state index contributed by atoms with van der Waals surface area (Å²) in [5.41, 5.74) is -0.0257. The molecular formula is C14H9BrF3NO2. The third kappa shape index (κ3) is 3.36. The molecule has 0 saturated carbocycles. The summed E-state index contributed by atoms with van der Waals surface area (Å²) in [6.45, 7) is 0.0747. The molecule has 7 heteroatoms. The average molecular weight is 360 g/mol. The zero-order chi connectivity index (χ0) is 15.6. The summed E-state index contributed by atoms with van der Waals surface area (Å²) in [4.78, 5) is 11.8. The number of aromatic hydroxyl groups is 1. The molecule has 0 heterocycles. The van der Waals surface area contributed by atoms with Gasteiger partial charge in [0.25, 0.3) is 5.91 Å². The molecule has 0 aliphatic rings. The molecule has 3 nitrogen and oxygen atoms in total. The topological polar surface area (TPSA) is 49.3 Å². The number of rotatable bonds is 3. The van der Waals surface area contributed by atoms with Crippen LogP contribution in [0.4, 0.5) is 13.2 Å². The van der Waals surface area contributed by atoms with Crippen LogP contribution in [0.25, 0.3) is 0 Å². The van der Waals surface area contributed by atoms with Crippen molar-refractivity contribution in [3.63, 3.8) is 0 Å². The van der Waals surface area contributed by atoms with Crippen LogP contribution in [0.3, 0.4) is 0 Å². The van der Waals surface area contributed by atoms with Crippen LogP contribution >= 0.6 is 15.9 Å². The molecule has 2 aromatic carbocycles. The van der Waals surface area contributed by atoms with Gasteiger partial charge in [-0.25, -0.2) is 8.78 Å². The van der Waals surface area contributed by atoms with Gasteiger partial charge in [-0.3, -0.25) is 4.79 Å². The van der Waals surface area contributed by atoms with E-state index < -0.39 is 34.7 Å². The van der Waals surface area contributed by atoms with Crippen molar-refractivity contribution in [2.75, 3.05) is 0 Å². The lowest BCUT2D eigenvalue weighted by Crippen LogP contribution is -2.24. The van der Waals surface area contributed by atoms with Gasteiger partial charge in [0.2, 0.25) is 5.82 Å². The van der Waals surface area contributed by atoms with Crippen molar-refractivity contribution in [1.29, 1.82) is 0 Å². The Bertz CT molecular complexity index is 690. The van der Waals surface area contributed by atoms with Crippen molar-refractivity contribution in [2.24, 2.45) is 0 Å². The Morgan fingerprint density at radius 3 is 2.38 bits per heavy atom. The minimum Gasteiger partial charge on any atom is -0.503 e. The molecule has 0 aliphatic carbocycles. The van der Waals surface area contributed by atoms with Crippen LogP contribution < -0.4 is 5.32 Å². The van der Waals surface area contributed by atoms with Gasteiger partial charge in [-0.15, -0.1) is 0 Å². The van der Waals surface area contributed by atoms with Crippen molar-refractivity contribution < 1.29 is 23.1 Å². The first kappa shape index (κ1) is 15.4. The molecule has 21 heavy (non-hydrogen) atoms. The normalized spacial score (nSPS) is 10.5. The lowest BCUT2D eigenvalue weighted by molar-refractivity contribution is 0.0945. The Morgan fingerprint density at radius 2 is 1.76 bits per heavy atom. The summed E-state index contributed by atoms with van der Waals surface area (Å²) in [7, 11) is 0. The fourth-order valence-electron chi connectivity index (χ4n) is 1.64. The highest BCUT2D eigenvalue weighted by atomic mass is 79.9. The van der Waals surface area contributed by atoms with E-state index in [1.54, 1.807) is 24.3 Å². The molecule has 0 spiro atoms. The van der Waals surface area contributed by atoms with Gasteiger partial charge in [-0.05, 0) is 23.8 Å². The molecule has 0 fully saturated rings. The van der Waals surface area contributed by atoms with E-state index in [0.29, 0.717) is 6.07 Å². The second-order valence-corrected chi connectivity index (χ2v) is 5.11.